The molecule has 0 unspecified atom stereocenters. The number of anilines is 1. The zero-order valence-corrected chi connectivity index (χ0v) is 12.4. The molecule has 1 N–H and O–H groups in total. The van der Waals surface area contributed by atoms with E-state index in [9.17, 15) is 8.42 Å². The molecule has 1 aromatic carbocycles. The third kappa shape index (κ3) is 3.48. The lowest BCUT2D eigenvalue weighted by Crippen LogP contribution is -2.20. The summed E-state index contributed by atoms with van der Waals surface area (Å²) in [6, 6.07) is 6.99. The van der Waals surface area contributed by atoms with Gasteiger partial charge in [0.05, 0.1) is 11.9 Å². The summed E-state index contributed by atoms with van der Waals surface area (Å²) in [6.07, 6.45) is 2.97. The molecule has 0 saturated carbocycles. The van der Waals surface area contributed by atoms with Crippen LogP contribution < -0.4 is 8.91 Å². The fraction of sp³-hybridized carbons (Fsp3) is 0.214. The number of nitrogens with zero attached hydrogens (tertiary/aromatic N) is 1. The van der Waals surface area contributed by atoms with Crippen molar-refractivity contribution < 1.29 is 12.6 Å². The monoisotopic (exact) mass is 292 g/mol. The second-order valence-corrected chi connectivity index (χ2v) is 5.89. The van der Waals surface area contributed by atoms with Gasteiger partial charge >= 0.3 is 10.3 Å². The number of aromatic nitrogens is 1. The Hall–Kier alpha value is -2.08. The summed E-state index contributed by atoms with van der Waals surface area (Å²) in [5.74, 6) is 0.354. The summed E-state index contributed by atoms with van der Waals surface area (Å²) < 4.78 is 31.5. The lowest BCUT2D eigenvalue weighted by molar-refractivity contribution is 0.488. The van der Waals surface area contributed by atoms with Gasteiger partial charge in [-0.3, -0.25) is 4.98 Å². The van der Waals surface area contributed by atoms with Gasteiger partial charge in [0.25, 0.3) is 0 Å². The summed E-state index contributed by atoms with van der Waals surface area (Å²) in [5.41, 5.74) is 2.97. The fourth-order valence-corrected chi connectivity index (χ4v) is 2.93. The van der Waals surface area contributed by atoms with Crippen LogP contribution in [-0.4, -0.2) is 13.4 Å². The Morgan fingerprint density at radius 2 is 1.80 bits per heavy atom. The van der Waals surface area contributed by atoms with Crippen molar-refractivity contribution in [3.05, 3.63) is 53.3 Å². The minimum Gasteiger partial charge on any atom is -0.366 e. The van der Waals surface area contributed by atoms with Crippen molar-refractivity contribution >= 4 is 16.0 Å². The van der Waals surface area contributed by atoms with Gasteiger partial charge in [-0.2, -0.15) is 8.42 Å². The maximum Gasteiger partial charge on any atom is 0.407 e. The van der Waals surface area contributed by atoms with Crippen molar-refractivity contribution in [2.24, 2.45) is 0 Å². The highest BCUT2D eigenvalue weighted by molar-refractivity contribution is 7.88. The number of hydrogen-bond donors (Lipinski definition) is 1. The highest BCUT2D eigenvalue weighted by atomic mass is 32.2. The van der Waals surface area contributed by atoms with Crippen molar-refractivity contribution in [2.45, 2.75) is 20.8 Å². The minimum atomic E-state index is -3.94. The van der Waals surface area contributed by atoms with Crippen LogP contribution >= 0.6 is 0 Å². The standard InChI is InChI=1S/C14H16N2O3S/c1-10-7-11(2)14(12(3)8-10)19-20(17,18)16-13-5-4-6-15-9-13/h4-9,16H,1-3H3. The third-order valence-corrected chi connectivity index (χ3v) is 3.57. The maximum absolute atomic E-state index is 12.0. The summed E-state index contributed by atoms with van der Waals surface area (Å²) in [4.78, 5) is 3.84. The minimum absolute atomic E-state index is 0.354. The topological polar surface area (TPSA) is 68.3 Å². The number of rotatable bonds is 4. The van der Waals surface area contributed by atoms with Gasteiger partial charge in [-0.25, -0.2) is 4.72 Å². The predicted octanol–water partition coefficient (Wildman–Crippen LogP) is 2.74. The molecule has 2 aromatic rings. The van der Waals surface area contributed by atoms with E-state index in [1.54, 1.807) is 18.3 Å². The van der Waals surface area contributed by atoms with E-state index < -0.39 is 10.3 Å². The van der Waals surface area contributed by atoms with Gasteiger partial charge in [0.1, 0.15) is 5.75 Å². The molecule has 0 spiro atoms. The molecule has 5 nitrogen and oxygen atoms in total. The van der Waals surface area contributed by atoms with Crippen LogP contribution in [0.15, 0.2) is 36.7 Å². The molecule has 0 radical (unpaired) electrons. The Balaban J connectivity index is 2.25. The van der Waals surface area contributed by atoms with Crippen LogP contribution in [0.4, 0.5) is 5.69 Å². The fourth-order valence-electron chi connectivity index (χ4n) is 2.00. The number of pyridine rings is 1. The van der Waals surface area contributed by atoms with Crippen LogP contribution in [0.1, 0.15) is 16.7 Å². The van der Waals surface area contributed by atoms with Crippen LogP contribution in [0.5, 0.6) is 5.75 Å². The van der Waals surface area contributed by atoms with Gasteiger partial charge in [0.15, 0.2) is 0 Å². The SMILES string of the molecule is Cc1cc(C)c(OS(=O)(=O)Nc2cccnc2)c(C)c1. The lowest BCUT2D eigenvalue weighted by Gasteiger charge is -2.13. The van der Waals surface area contributed by atoms with E-state index >= 15 is 0 Å². The highest BCUT2D eigenvalue weighted by Gasteiger charge is 2.16. The first-order valence-corrected chi connectivity index (χ1v) is 7.48. The molecule has 0 aliphatic carbocycles. The first kappa shape index (κ1) is 14.3. The van der Waals surface area contributed by atoms with Crippen LogP contribution in [0.25, 0.3) is 0 Å². The van der Waals surface area contributed by atoms with E-state index in [1.807, 2.05) is 32.9 Å². The molecule has 106 valence electrons. The Morgan fingerprint density at radius 3 is 2.35 bits per heavy atom. The molecule has 1 heterocycles. The van der Waals surface area contributed by atoms with Crippen molar-refractivity contribution in [2.75, 3.05) is 4.72 Å². The third-order valence-electron chi connectivity index (χ3n) is 2.70. The van der Waals surface area contributed by atoms with Gasteiger partial charge in [-0.15, -0.1) is 0 Å². The van der Waals surface area contributed by atoms with Gasteiger partial charge in [-0.05, 0) is 44.0 Å². The Labute approximate surface area is 118 Å². The van der Waals surface area contributed by atoms with Crippen LogP contribution in [0, 0.1) is 20.8 Å². The molecular weight excluding hydrogens is 276 g/mol. The zero-order valence-electron chi connectivity index (χ0n) is 11.5. The van der Waals surface area contributed by atoms with Crippen molar-refractivity contribution in [1.82, 2.24) is 4.98 Å². The van der Waals surface area contributed by atoms with E-state index in [1.165, 1.54) is 6.20 Å². The molecule has 0 atom stereocenters. The van der Waals surface area contributed by atoms with E-state index in [2.05, 4.69) is 9.71 Å². The van der Waals surface area contributed by atoms with Gasteiger partial charge in [0.2, 0.25) is 0 Å². The van der Waals surface area contributed by atoms with Crippen molar-refractivity contribution in [3.8, 4) is 5.75 Å². The predicted molar refractivity (Wildman–Crippen MR) is 78.1 cm³/mol. The summed E-state index contributed by atoms with van der Waals surface area (Å²) >= 11 is 0. The zero-order chi connectivity index (χ0) is 14.8. The smallest absolute Gasteiger partial charge is 0.366 e. The second kappa shape index (κ2) is 5.50. The molecule has 0 fully saturated rings. The normalized spacial score (nSPS) is 11.2. The molecule has 0 saturated heterocycles. The molecule has 0 aliphatic heterocycles. The quantitative estimate of drug-likeness (QED) is 0.940. The van der Waals surface area contributed by atoms with Gasteiger partial charge in [-0.1, -0.05) is 17.7 Å². The highest BCUT2D eigenvalue weighted by Crippen LogP contribution is 2.26. The van der Waals surface area contributed by atoms with Crippen molar-refractivity contribution in [1.29, 1.82) is 0 Å². The summed E-state index contributed by atoms with van der Waals surface area (Å²) in [5, 5.41) is 0. The van der Waals surface area contributed by atoms with Crippen LogP contribution in [0.3, 0.4) is 0 Å². The number of benzene rings is 1. The first-order valence-electron chi connectivity index (χ1n) is 6.07. The maximum atomic E-state index is 12.0. The lowest BCUT2D eigenvalue weighted by atomic mass is 10.1. The Bertz CT molecular complexity index is 689. The Kier molecular flexibility index (Phi) is 3.94. The molecular formula is C14H16N2O3S. The van der Waals surface area contributed by atoms with E-state index in [0.29, 0.717) is 11.4 Å². The molecule has 2 rings (SSSR count). The number of nitrogens with one attached hydrogen (secondary N) is 1. The van der Waals surface area contributed by atoms with Crippen molar-refractivity contribution in [3.63, 3.8) is 0 Å². The number of hydrogen-bond acceptors (Lipinski definition) is 4. The summed E-state index contributed by atoms with van der Waals surface area (Å²) in [6.45, 7) is 5.58. The molecule has 0 amide bonds. The largest absolute Gasteiger partial charge is 0.407 e. The van der Waals surface area contributed by atoms with E-state index in [-0.39, 0.29) is 0 Å². The van der Waals surface area contributed by atoms with E-state index in [4.69, 9.17) is 4.18 Å². The van der Waals surface area contributed by atoms with Gasteiger partial charge < -0.3 is 4.18 Å². The first-order chi connectivity index (χ1) is 9.37. The molecule has 1 aromatic heterocycles. The van der Waals surface area contributed by atoms with Crippen LogP contribution in [0.2, 0.25) is 0 Å². The van der Waals surface area contributed by atoms with Gasteiger partial charge in [0, 0.05) is 6.20 Å². The molecule has 0 bridgehead atoms. The summed E-state index contributed by atoms with van der Waals surface area (Å²) in [7, 11) is -3.94. The van der Waals surface area contributed by atoms with Crippen LogP contribution in [-0.2, 0) is 10.3 Å². The average Bonchev–Trinajstić information content (AvgIpc) is 2.34. The average molecular weight is 292 g/mol. The second-order valence-electron chi connectivity index (χ2n) is 4.61. The van der Waals surface area contributed by atoms with E-state index in [0.717, 1.165) is 16.7 Å². The number of aryl methyl sites for hydroxylation is 3. The molecule has 20 heavy (non-hydrogen) atoms. The molecule has 0 aliphatic rings. The molecule has 6 heteroatoms. The Morgan fingerprint density at radius 1 is 1.15 bits per heavy atom.